The van der Waals surface area contributed by atoms with Crippen LogP contribution in [0.4, 0.5) is 0 Å². The van der Waals surface area contributed by atoms with Gasteiger partial charge in [0, 0.05) is 19.7 Å². The Morgan fingerprint density at radius 3 is 2.48 bits per heavy atom. The van der Waals surface area contributed by atoms with Crippen molar-refractivity contribution in [1.29, 1.82) is 0 Å². The lowest BCUT2D eigenvalue weighted by Crippen LogP contribution is -2.34. The number of aliphatic hydroxyl groups excluding tert-OH is 1. The minimum atomic E-state index is -0.333. The third kappa shape index (κ3) is 6.14. The van der Waals surface area contributed by atoms with Crippen molar-refractivity contribution >= 4 is 21.8 Å². The molecule has 136 valence electrons. The summed E-state index contributed by atoms with van der Waals surface area (Å²) in [6, 6.07) is 11.3. The topological polar surface area (TPSA) is 73.4 Å². The number of amides is 1. The molecule has 2 rings (SSSR count). The van der Waals surface area contributed by atoms with E-state index in [1.54, 1.807) is 17.9 Å². The van der Waals surface area contributed by atoms with E-state index >= 15 is 0 Å². The van der Waals surface area contributed by atoms with Gasteiger partial charge in [-0.3, -0.25) is 9.59 Å². The molecule has 5 nitrogen and oxygen atoms in total. The molecule has 2 N–H and O–H groups in total. The van der Waals surface area contributed by atoms with E-state index in [0.717, 1.165) is 5.56 Å². The van der Waals surface area contributed by atoms with E-state index in [1.165, 1.54) is 0 Å². The Morgan fingerprint density at radius 2 is 1.88 bits per heavy atom. The minimum absolute atomic E-state index is 0.00834. The molecule has 0 saturated heterocycles. The van der Waals surface area contributed by atoms with Gasteiger partial charge in [-0.1, -0.05) is 44.2 Å². The first kappa shape index (κ1) is 21.1. The van der Waals surface area contributed by atoms with Crippen LogP contribution in [-0.4, -0.2) is 34.0 Å². The maximum atomic E-state index is 12.8. The summed E-state index contributed by atoms with van der Waals surface area (Å²) in [5.74, 6) is -0.246. The van der Waals surface area contributed by atoms with Gasteiger partial charge in [-0.15, -0.1) is 0 Å². The van der Waals surface area contributed by atoms with Crippen LogP contribution in [0.2, 0.25) is 0 Å². The Labute approximate surface area is 156 Å². The first-order valence-electron chi connectivity index (χ1n) is 8.36. The van der Waals surface area contributed by atoms with Gasteiger partial charge < -0.3 is 15.0 Å². The number of hydrogen-bond acceptors (Lipinski definition) is 3. The SMILES string of the molecule is CC.Cc1cc(Br)c(=O)[nH]c1C(=O)N(CCCO)Cc1ccccc1. The molecular formula is C19H25BrN2O3. The maximum absolute atomic E-state index is 12.8. The molecule has 1 heterocycles. The molecule has 0 aliphatic carbocycles. The van der Waals surface area contributed by atoms with Gasteiger partial charge in [0.15, 0.2) is 0 Å². The van der Waals surface area contributed by atoms with Crippen LogP contribution in [-0.2, 0) is 6.54 Å². The number of nitrogens with zero attached hydrogens (tertiary/aromatic N) is 1. The first-order chi connectivity index (χ1) is 12.0. The van der Waals surface area contributed by atoms with E-state index in [4.69, 9.17) is 5.11 Å². The molecule has 6 heteroatoms. The van der Waals surface area contributed by atoms with Crippen molar-refractivity contribution in [2.75, 3.05) is 13.2 Å². The second kappa shape index (κ2) is 10.8. The number of aromatic nitrogens is 1. The predicted octanol–water partition coefficient (Wildman–Crippen LogP) is 3.50. The van der Waals surface area contributed by atoms with Gasteiger partial charge in [-0.2, -0.15) is 0 Å². The van der Waals surface area contributed by atoms with Crippen molar-refractivity contribution in [3.63, 3.8) is 0 Å². The molecule has 1 aromatic heterocycles. The van der Waals surface area contributed by atoms with Gasteiger partial charge in [-0.25, -0.2) is 0 Å². The normalized spacial score (nSPS) is 9.96. The monoisotopic (exact) mass is 408 g/mol. The number of aromatic amines is 1. The Balaban J connectivity index is 0.00000151. The fraction of sp³-hybridized carbons (Fsp3) is 0.368. The van der Waals surface area contributed by atoms with E-state index in [2.05, 4.69) is 20.9 Å². The lowest BCUT2D eigenvalue weighted by Gasteiger charge is -2.23. The molecule has 2 aromatic rings. The van der Waals surface area contributed by atoms with Crippen molar-refractivity contribution in [2.45, 2.75) is 33.7 Å². The van der Waals surface area contributed by atoms with Crippen molar-refractivity contribution in [1.82, 2.24) is 9.88 Å². The Morgan fingerprint density at radius 1 is 1.24 bits per heavy atom. The Bertz CT molecular complexity index is 729. The lowest BCUT2D eigenvalue weighted by atomic mass is 10.1. The molecule has 25 heavy (non-hydrogen) atoms. The number of carbonyl (C=O) groups excluding carboxylic acids is 1. The van der Waals surface area contributed by atoms with Crippen LogP contribution in [0.3, 0.4) is 0 Å². The van der Waals surface area contributed by atoms with Crippen LogP contribution < -0.4 is 5.56 Å². The molecule has 0 atom stereocenters. The van der Waals surface area contributed by atoms with Crippen molar-refractivity contribution < 1.29 is 9.90 Å². The lowest BCUT2D eigenvalue weighted by molar-refractivity contribution is 0.0725. The van der Waals surface area contributed by atoms with E-state index in [9.17, 15) is 9.59 Å². The largest absolute Gasteiger partial charge is 0.396 e. The molecule has 1 amide bonds. The maximum Gasteiger partial charge on any atom is 0.270 e. The zero-order chi connectivity index (χ0) is 18.8. The summed E-state index contributed by atoms with van der Waals surface area (Å²) in [7, 11) is 0. The van der Waals surface area contributed by atoms with Gasteiger partial charge in [0.05, 0.1) is 4.47 Å². The standard InChI is InChI=1S/C17H19BrN2O3.C2H6/c1-12-10-14(18)16(22)19-15(12)17(23)20(8-5-9-21)11-13-6-3-2-4-7-13;1-2/h2-4,6-7,10,21H,5,8-9,11H2,1H3,(H,19,22);1-2H3. The second-order valence-corrected chi connectivity index (χ2v) is 6.15. The molecule has 0 bridgehead atoms. The molecule has 0 unspecified atom stereocenters. The summed E-state index contributed by atoms with van der Waals surface area (Å²) in [5.41, 5.74) is 1.65. The van der Waals surface area contributed by atoms with Crippen molar-refractivity contribution in [3.05, 3.63) is 68.0 Å². The molecule has 0 aliphatic rings. The van der Waals surface area contributed by atoms with Gasteiger partial charge in [0.1, 0.15) is 5.69 Å². The van der Waals surface area contributed by atoms with Crippen LogP contribution >= 0.6 is 15.9 Å². The zero-order valence-corrected chi connectivity index (χ0v) is 16.5. The summed E-state index contributed by atoms with van der Waals surface area (Å²) >= 11 is 3.16. The highest BCUT2D eigenvalue weighted by molar-refractivity contribution is 9.10. The number of nitrogens with one attached hydrogen (secondary N) is 1. The number of halogens is 1. The van der Waals surface area contributed by atoms with Gasteiger partial charge in [0.25, 0.3) is 11.5 Å². The molecule has 0 spiro atoms. The van der Waals surface area contributed by atoms with Crippen molar-refractivity contribution in [3.8, 4) is 0 Å². The van der Waals surface area contributed by atoms with Crippen LogP contribution in [0.15, 0.2) is 45.7 Å². The molecule has 0 radical (unpaired) electrons. The Kier molecular flexibility index (Phi) is 9.16. The summed E-state index contributed by atoms with van der Waals surface area (Å²) < 4.78 is 0.400. The third-order valence-electron chi connectivity index (χ3n) is 3.50. The zero-order valence-electron chi connectivity index (χ0n) is 14.9. The van der Waals surface area contributed by atoms with E-state index in [1.807, 2.05) is 44.2 Å². The average Bonchev–Trinajstić information content (AvgIpc) is 2.63. The van der Waals surface area contributed by atoms with Gasteiger partial charge in [-0.05, 0) is 46.5 Å². The average molecular weight is 409 g/mol. The smallest absolute Gasteiger partial charge is 0.270 e. The number of carbonyl (C=O) groups is 1. The third-order valence-corrected chi connectivity index (χ3v) is 4.09. The second-order valence-electron chi connectivity index (χ2n) is 5.29. The molecule has 1 aromatic carbocycles. The van der Waals surface area contributed by atoms with Crippen molar-refractivity contribution in [2.24, 2.45) is 0 Å². The number of aryl methyl sites for hydroxylation is 1. The summed E-state index contributed by atoms with van der Waals surface area (Å²) in [6.45, 7) is 6.63. The predicted molar refractivity (Wildman–Crippen MR) is 104 cm³/mol. The minimum Gasteiger partial charge on any atom is -0.396 e. The Hall–Kier alpha value is -1.92. The molecule has 0 aliphatic heterocycles. The number of aliphatic hydroxyl groups is 1. The highest BCUT2D eigenvalue weighted by atomic mass is 79.9. The summed E-state index contributed by atoms with van der Waals surface area (Å²) in [6.07, 6.45) is 0.485. The molecule has 0 saturated carbocycles. The van der Waals surface area contributed by atoms with E-state index in [-0.39, 0.29) is 23.8 Å². The first-order valence-corrected chi connectivity index (χ1v) is 9.15. The number of benzene rings is 1. The van der Waals surface area contributed by atoms with Gasteiger partial charge in [0.2, 0.25) is 0 Å². The van der Waals surface area contributed by atoms with Crippen LogP contribution in [0, 0.1) is 6.92 Å². The van der Waals surface area contributed by atoms with Crippen LogP contribution in [0.5, 0.6) is 0 Å². The fourth-order valence-corrected chi connectivity index (χ4v) is 2.74. The van der Waals surface area contributed by atoms with Gasteiger partial charge >= 0.3 is 0 Å². The molecular weight excluding hydrogens is 384 g/mol. The van der Waals surface area contributed by atoms with E-state index in [0.29, 0.717) is 29.5 Å². The summed E-state index contributed by atoms with van der Waals surface area (Å²) in [4.78, 5) is 28.8. The van der Waals surface area contributed by atoms with E-state index < -0.39 is 0 Å². The highest BCUT2D eigenvalue weighted by Crippen LogP contribution is 2.14. The number of H-pyrrole nitrogens is 1. The quantitative estimate of drug-likeness (QED) is 0.767. The van der Waals surface area contributed by atoms with Crippen LogP contribution in [0.25, 0.3) is 0 Å². The van der Waals surface area contributed by atoms with Crippen LogP contribution in [0.1, 0.15) is 41.9 Å². The fourth-order valence-electron chi connectivity index (χ4n) is 2.30. The highest BCUT2D eigenvalue weighted by Gasteiger charge is 2.19. The number of rotatable bonds is 6. The number of pyridine rings is 1. The number of hydrogen-bond donors (Lipinski definition) is 2. The molecule has 0 fully saturated rings. The summed E-state index contributed by atoms with van der Waals surface area (Å²) in [5, 5.41) is 9.07.